The second-order valence-corrected chi connectivity index (χ2v) is 4.44. The van der Waals surface area contributed by atoms with E-state index in [1.54, 1.807) is 11.3 Å². The molecule has 80 valence electrons. The van der Waals surface area contributed by atoms with Crippen molar-refractivity contribution in [1.29, 1.82) is 0 Å². The molecule has 0 bridgehead atoms. The summed E-state index contributed by atoms with van der Waals surface area (Å²) >= 11 is 1.76. The maximum Gasteiger partial charge on any atom is 0.0723 e. The van der Waals surface area contributed by atoms with Crippen molar-refractivity contribution in [2.45, 2.75) is 6.42 Å². The molecule has 0 saturated carbocycles. The van der Waals surface area contributed by atoms with Gasteiger partial charge in [-0.25, -0.2) is 0 Å². The first-order chi connectivity index (χ1) is 7.31. The highest BCUT2D eigenvalue weighted by atomic mass is 32.1. The van der Waals surface area contributed by atoms with Crippen LogP contribution in [0.3, 0.4) is 0 Å². The predicted octanol–water partition coefficient (Wildman–Crippen LogP) is 1.91. The van der Waals surface area contributed by atoms with E-state index in [1.165, 1.54) is 16.1 Å². The number of nitrogens with zero attached hydrogens (tertiary/aromatic N) is 2. The third-order valence-corrected chi connectivity index (χ3v) is 3.21. The summed E-state index contributed by atoms with van der Waals surface area (Å²) in [5.41, 5.74) is 2.44. The van der Waals surface area contributed by atoms with Gasteiger partial charge in [-0.1, -0.05) is 6.07 Å². The minimum atomic E-state index is 0.968. The van der Waals surface area contributed by atoms with Crippen molar-refractivity contribution in [2.75, 3.05) is 13.6 Å². The van der Waals surface area contributed by atoms with E-state index in [4.69, 9.17) is 0 Å². The van der Waals surface area contributed by atoms with Crippen LogP contribution >= 0.6 is 11.3 Å². The Morgan fingerprint density at radius 3 is 3.07 bits per heavy atom. The monoisotopic (exact) mass is 221 g/mol. The fraction of sp³-hybridized carbons (Fsp3) is 0.364. The molecule has 0 radical (unpaired) electrons. The minimum absolute atomic E-state index is 0.968. The van der Waals surface area contributed by atoms with Gasteiger partial charge < -0.3 is 5.32 Å². The maximum absolute atomic E-state index is 4.49. The van der Waals surface area contributed by atoms with Crippen molar-refractivity contribution >= 4 is 11.3 Å². The van der Waals surface area contributed by atoms with Crippen molar-refractivity contribution in [3.63, 3.8) is 0 Å². The summed E-state index contributed by atoms with van der Waals surface area (Å²) < 4.78 is 1.89. The van der Waals surface area contributed by atoms with E-state index < -0.39 is 0 Å². The first-order valence-corrected chi connectivity index (χ1v) is 5.90. The number of thiophene rings is 1. The number of aryl methyl sites for hydroxylation is 1. The van der Waals surface area contributed by atoms with E-state index in [0.29, 0.717) is 0 Å². The Hall–Kier alpha value is -1.13. The number of likely N-dealkylation sites (N-methyl/N-ethyl adjacent to an activating group) is 1. The van der Waals surface area contributed by atoms with E-state index in [-0.39, 0.29) is 0 Å². The standard InChI is InChI=1S/C11H15N3S/c1-12-6-5-10-9(8-14(2)13-10)11-4-3-7-15-11/h3-4,7-8,12H,5-6H2,1-2H3. The molecular formula is C11H15N3S. The second kappa shape index (κ2) is 4.59. The molecule has 0 aromatic carbocycles. The quantitative estimate of drug-likeness (QED) is 0.854. The fourth-order valence-electron chi connectivity index (χ4n) is 1.60. The van der Waals surface area contributed by atoms with Crippen LogP contribution in [0.4, 0.5) is 0 Å². The predicted molar refractivity (Wildman–Crippen MR) is 64.2 cm³/mol. The van der Waals surface area contributed by atoms with Crippen LogP contribution in [0.5, 0.6) is 0 Å². The lowest BCUT2D eigenvalue weighted by molar-refractivity contribution is 0.717. The third-order valence-electron chi connectivity index (χ3n) is 2.30. The first-order valence-electron chi connectivity index (χ1n) is 5.02. The van der Waals surface area contributed by atoms with Gasteiger partial charge in [0.2, 0.25) is 0 Å². The lowest BCUT2D eigenvalue weighted by Gasteiger charge is -1.98. The molecule has 4 heteroatoms. The summed E-state index contributed by atoms with van der Waals surface area (Å²) in [5, 5.41) is 9.74. The van der Waals surface area contributed by atoms with Crippen LogP contribution < -0.4 is 5.32 Å². The number of nitrogens with one attached hydrogen (secondary N) is 1. The van der Waals surface area contributed by atoms with Crippen molar-refractivity contribution in [2.24, 2.45) is 7.05 Å². The molecular weight excluding hydrogens is 206 g/mol. The normalized spacial score (nSPS) is 10.8. The molecule has 2 aromatic rings. The molecule has 2 heterocycles. The summed E-state index contributed by atoms with van der Waals surface area (Å²) in [6.45, 7) is 0.968. The van der Waals surface area contributed by atoms with Crippen LogP contribution in [0.1, 0.15) is 5.69 Å². The van der Waals surface area contributed by atoms with Crippen molar-refractivity contribution in [3.8, 4) is 10.4 Å². The number of aromatic nitrogens is 2. The summed E-state index contributed by atoms with van der Waals surface area (Å²) in [7, 11) is 3.94. The van der Waals surface area contributed by atoms with Crippen molar-refractivity contribution in [3.05, 3.63) is 29.4 Å². The van der Waals surface area contributed by atoms with Crippen LogP contribution in [0.2, 0.25) is 0 Å². The van der Waals surface area contributed by atoms with Crippen LogP contribution in [0.25, 0.3) is 10.4 Å². The van der Waals surface area contributed by atoms with Crippen LogP contribution in [0, 0.1) is 0 Å². The molecule has 2 rings (SSSR count). The number of hydrogen-bond acceptors (Lipinski definition) is 3. The summed E-state index contributed by atoms with van der Waals surface area (Å²) in [4.78, 5) is 1.30. The Balaban J connectivity index is 2.29. The topological polar surface area (TPSA) is 29.9 Å². The van der Waals surface area contributed by atoms with Gasteiger partial charge >= 0.3 is 0 Å². The second-order valence-electron chi connectivity index (χ2n) is 3.49. The zero-order valence-electron chi connectivity index (χ0n) is 9.03. The van der Waals surface area contributed by atoms with Crippen molar-refractivity contribution in [1.82, 2.24) is 15.1 Å². The molecule has 0 amide bonds. The molecule has 0 saturated heterocycles. The first kappa shape index (κ1) is 10.4. The Morgan fingerprint density at radius 1 is 1.53 bits per heavy atom. The fourth-order valence-corrected chi connectivity index (χ4v) is 2.36. The molecule has 0 aliphatic carbocycles. The van der Waals surface area contributed by atoms with E-state index in [1.807, 2.05) is 18.8 Å². The van der Waals surface area contributed by atoms with E-state index in [0.717, 1.165) is 13.0 Å². The summed E-state index contributed by atoms with van der Waals surface area (Å²) in [6.07, 6.45) is 3.07. The molecule has 1 N–H and O–H groups in total. The maximum atomic E-state index is 4.49. The molecule has 0 aliphatic rings. The molecule has 0 atom stereocenters. The Labute approximate surface area is 93.7 Å². The van der Waals surface area contributed by atoms with E-state index >= 15 is 0 Å². The smallest absolute Gasteiger partial charge is 0.0723 e. The molecule has 0 unspecified atom stereocenters. The molecule has 15 heavy (non-hydrogen) atoms. The molecule has 2 aromatic heterocycles. The average molecular weight is 221 g/mol. The summed E-state index contributed by atoms with van der Waals surface area (Å²) in [5.74, 6) is 0. The zero-order valence-corrected chi connectivity index (χ0v) is 9.84. The van der Waals surface area contributed by atoms with Gasteiger partial charge in [-0.3, -0.25) is 4.68 Å². The molecule has 0 fully saturated rings. The van der Waals surface area contributed by atoms with E-state index in [2.05, 4.69) is 34.1 Å². The van der Waals surface area contributed by atoms with Gasteiger partial charge in [0, 0.05) is 36.7 Å². The molecule has 3 nitrogen and oxygen atoms in total. The highest BCUT2D eigenvalue weighted by molar-refractivity contribution is 7.13. The Bertz CT molecular complexity index is 417. The van der Waals surface area contributed by atoms with Gasteiger partial charge in [-0.2, -0.15) is 5.10 Å². The average Bonchev–Trinajstić information content (AvgIpc) is 2.83. The number of rotatable bonds is 4. The van der Waals surface area contributed by atoms with Crippen LogP contribution in [-0.4, -0.2) is 23.4 Å². The molecule has 0 aliphatic heterocycles. The highest BCUT2D eigenvalue weighted by Gasteiger charge is 2.09. The SMILES string of the molecule is CNCCc1nn(C)cc1-c1cccs1. The highest BCUT2D eigenvalue weighted by Crippen LogP contribution is 2.27. The Morgan fingerprint density at radius 2 is 2.40 bits per heavy atom. The van der Waals surface area contributed by atoms with Gasteiger partial charge in [0.1, 0.15) is 0 Å². The van der Waals surface area contributed by atoms with Crippen LogP contribution in [0.15, 0.2) is 23.7 Å². The van der Waals surface area contributed by atoms with Gasteiger partial charge in [0.15, 0.2) is 0 Å². The van der Waals surface area contributed by atoms with Gasteiger partial charge in [0.25, 0.3) is 0 Å². The van der Waals surface area contributed by atoms with Gasteiger partial charge in [0.05, 0.1) is 5.69 Å². The number of hydrogen-bond donors (Lipinski definition) is 1. The largest absolute Gasteiger partial charge is 0.319 e. The lowest BCUT2D eigenvalue weighted by atomic mass is 10.1. The van der Waals surface area contributed by atoms with E-state index in [9.17, 15) is 0 Å². The molecule has 0 spiro atoms. The van der Waals surface area contributed by atoms with Gasteiger partial charge in [-0.05, 0) is 18.5 Å². The zero-order chi connectivity index (χ0) is 10.7. The summed E-state index contributed by atoms with van der Waals surface area (Å²) in [6, 6.07) is 4.22. The third kappa shape index (κ3) is 2.27. The van der Waals surface area contributed by atoms with Crippen molar-refractivity contribution < 1.29 is 0 Å². The lowest BCUT2D eigenvalue weighted by Crippen LogP contribution is -2.11. The van der Waals surface area contributed by atoms with Gasteiger partial charge in [-0.15, -0.1) is 11.3 Å². The minimum Gasteiger partial charge on any atom is -0.319 e. The van der Waals surface area contributed by atoms with Crippen LogP contribution in [-0.2, 0) is 13.5 Å². The Kier molecular flexibility index (Phi) is 3.18.